The molecule has 2 aliphatic heterocycles. The first-order valence-corrected chi connectivity index (χ1v) is 13.9. The second-order valence-electron chi connectivity index (χ2n) is 8.91. The number of imidazole rings is 1. The standard InChI is InChI=1S/C19H23Cl2N8O10P/c1-6-25-14-11(15(32)26-6)23-4-28(14)16-9(20)12(31)8(38-16)3-36-40(34,35)39-13-7(2-30)37-17(10(13)21)29-5-24-18(22)27-19(29)33/h4-5,7-10,12-13,16-17,30-31H,2-3H2,1H3,(H,34,35)(H2,22,27,33)(H,25,26,32)/t7-,8-,9?,10?,12?,13?,16-,17-/m1/s1. The topological polar surface area (TPSA) is 252 Å². The molecule has 6 N–H and O–H groups in total. The summed E-state index contributed by atoms with van der Waals surface area (Å²) in [5.41, 5.74) is 4.23. The van der Waals surface area contributed by atoms with Crippen molar-refractivity contribution in [3.63, 3.8) is 0 Å². The molecule has 0 aromatic carbocycles. The maximum Gasteiger partial charge on any atom is 0.472 e. The fourth-order valence-corrected chi connectivity index (χ4v) is 6.14. The van der Waals surface area contributed by atoms with Gasteiger partial charge in [0.15, 0.2) is 23.6 Å². The van der Waals surface area contributed by atoms with Crippen molar-refractivity contribution in [2.24, 2.45) is 0 Å². The van der Waals surface area contributed by atoms with Gasteiger partial charge in [-0.05, 0) is 6.92 Å². The summed E-state index contributed by atoms with van der Waals surface area (Å²) in [7, 11) is -4.92. The zero-order chi connectivity index (χ0) is 28.9. The van der Waals surface area contributed by atoms with E-state index in [0.717, 1.165) is 10.9 Å². The van der Waals surface area contributed by atoms with Crippen LogP contribution in [-0.2, 0) is 23.1 Å². The van der Waals surface area contributed by atoms with Crippen molar-refractivity contribution in [2.45, 2.75) is 54.5 Å². The number of aromatic amines is 1. The van der Waals surface area contributed by atoms with E-state index in [2.05, 4.69) is 24.9 Å². The smallest absolute Gasteiger partial charge is 0.394 e. The SMILES string of the molecule is Cc1nc2c(ncn2[C@@H]2O[C@H](COP(=O)(O)OC3C(Cl)[C@H](n4cnc(N)nc4=O)O[C@@H]3CO)C(O)C2Cl)c(=O)[nH]1. The molecule has 0 radical (unpaired) electrons. The number of ether oxygens (including phenoxy) is 2. The molecule has 9 atom stereocenters. The molecule has 5 heterocycles. The summed E-state index contributed by atoms with van der Waals surface area (Å²) < 4.78 is 36.6. The number of nitrogens with one attached hydrogen (secondary N) is 1. The lowest BCUT2D eigenvalue weighted by Crippen LogP contribution is -2.35. The van der Waals surface area contributed by atoms with Crippen molar-refractivity contribution in [1.82, 2.24) is 34.1 Å². The van der Waals surface area contributed by atoms with Crippen LogP contribution < -0.4 is 17.0 Å². The number of hydrogen-bond donors (Lipinski definition) is 5. The summed E-state index contributed by atoms with van der Waals surface area (Å²) >= 11 is 12.7. The van der Waals surface area contributed by atoms with Gasteiger partial charge < -0.3 is 35.3 Å². The summed E-state index contributed by atoms with van der Waals surface area (Å²) in [4.78, 5) is 52.6. The van der Waals surface area contributed by atoms with Crippen LogP contribution in [0, 0.1) is 6.92 Å². The lowest BCUT2D eigenvalue weighted by molar-refractivity contribution is -0.0565. The van der Waals surface area contributed by atoms with Gasteiger partial charge in [-0.15, -0.1) is 23.2 Å². The Kier molecular flexibility index (Phi) is 8.01. The van der Waals surface area contributed by atoms with Gasteiger partial charge in [0, 0.05) is 0 Å². The number of nitrogens with two attached hydrogens (primary N) is 1. The average Bonchev–Trinajstić information content (AvgIpc) is 3.53. The third-order valence-electron chi connectivity index (χ3n) is 6.24. The van der Waals surface area contributed by atoms with E-state index in [-0.39, 0.29) is 17.1 Å². The monoisotopic (exact) mass is 624 g/mol. The van der Waals surface area contributed by atoms with Crippen LogP contribution in [0.5, 0.6) is 0 Å². The minimum absolute atomic E-state index is 0.0273. The van der Waals surface area contributed by atoms with Crippen molar-refractivity contribution in [2.75, 3.05) is 18.9 Å². The van der Waals surface area contributed by atoms with Gasteiger partial charge in [-0.1, -0.05) is 0 Å². The Morgan fingerprint density at radius 3 is 2.50 bits per heavy atom. The molecule has 0 amide bonds. The highest BCUT2D eigenvalue weighted by Gasteiger charge is 2.50. The summed E-state index contributed by atoms with van der Waals surface area (Å²) in [6.07, 6.45) is -5.30. The molecule has 3 aromatic rings. The van der Waals surface area contributed by atoms with E-state index >= 15 is 0 Å². The summed E-state index contributed by atoms with van der Waals surface area (Å²) in [5.74, 6) is 0.0250. The number of H-pyrrole nitrogens is 1. The van der Waals surface area contributed by atoms with E-state index in [1.165, 1.54) is 10.9 Å². The number of fused-ring (bicyclic) bond motifs is 1. The molecule has 18 nitrogen and oxygen atoms in total. The quantitative estimate of drug-likeness (QED) is 0.141. The van der Waals surface area contributed by atoms with Crippen molar-refractivity contribution < 1.29 is 38.2 Å². The molecule has 2 fully saturated rings. The number of halogens is 2. The number of aliphatic hydroxyl groups excluding tert-OH is 2. The van der Waals surface area contributed by atoms with Crippen LogP contribution >= 0.6 is 31.0 Å². The Balaban J connectivity index is 1.27. The first-order chi connectivity index (χ1) is 18.9. The van der Waals surface area contributed by atoms with Crippen molar-refractivity contribution >= 4 is 48.1 Å². The minimum Gasteiger partial charge on any atom is -0.394 e. The second kappa shape index (κ2) is 11.1. The lowest BCUT2D eigenvalue weighted by Gasteiger charge is -2.23. The van der Waals surface area contributed by atoms with Gasteiger partial charge in [0.25, 0.3) is 5.56 Å². The zero-order valence-electron chi connectivity index (χ0n) is 20.4. The fraction of sp³-hybridized carbons (Fsp3) is 0.579. The maximum atomic E-state index is 12.8. The number of aliphatic hydroxyl groups is 2. The molecular weight excluding hydrogens is 602 g/mol. The Labute approximate surface area is 233 Å². The minimum atomic E-state index is -4.92. The number of anilines is 1. The maximum absolute atomic E-state index is 12.8. The molecular formula is C19H23Cl2N8O10P. The van der Waals surface area contributed by atoms with Crippen molar-refractivity contribution in [3.8, 4) is 0 Å². The lowest BCUT2D eigenvalue weighted by atomic mass is 10.2. The Morgan fingerprint density at radius 2 is 1.80 bits per heavy atom. The highest BCUT2D eigenvalue weighted by Crippen LogP contribution is 2.50. The molecule has 0 aliphatic carbocycles. The third kappa shape index (κ3) is 5.39. The summed E-state index contributed by atoms with van der Waals surface area (Å²) in [6.45, 7) is 0.222. The first kappa shape index (κ1) is 29.0. The normalized spacial score (nSPS) is 32.0. The van der Waals surface area contributed by atoms with E-state index in [1.807, 2.05) is 0 Å². The van der Waals surface area contributed by atoms with Crippen LogP contribution in [0.25, 0.3) is 11.2 Å². The van der Waals surface area contributed by atoms with Gasteiger partial charge in [0.05, 0.1) is 19.5 Å². The van der Waals surface area contributed by atoms with Crippen molar-refractivity contribution in [1.29, 1.82) is 0 Å². The predicted molar refractivity (Wildman–Crippen MR) is 134 cm³/mol. The predicted octanol–water partition coefficient (Wildman–Crippen LogP) is -1.47. The van der Waals surface area contributed by atoms with Gasteiger partial charge in [-0.2, -0.15) is 4.98 Å². The Morgan fingerprint density at radius 1 is 1.12 bits per heavy atom. The van der Waals surface area contributed by atoms with E-state index in [9.17, 15) is 29.3 Å². The first-order valence-electron chi connectivity index (χ1n) is 11.6. The molecule has 3 aromatic heterocycles. The van der Waals surface area contributed by atoms with Gasteiger partial charge in [0.2, 0.25) is 5.95 Å². The van der Waals surface area contributed by atoms with Gasteiger partial charge in [0.1, 0.15) is 47.3 Å². The highest BCUT2D eigenvalue weighted by atomic mass is 35.5. The van der Waals surface area contributed by atoms with Crippen LogP contribution in [0.15, 0.2) is 22.2 Å². The van der Waals surface area contributed by atoms with E-state index < -0.39 is 79.9 Å². The number of nitrogen functional groups attached to an aromatic ring is 1. The van der Waals surface area contributed by atoms with Crippen LogP contribution in [0.3, 0.4) is 0 Å². The van der Waals surface area contributed by atoms with E-state index in [4.69, 9.17) is 47.5 Å². The van der Waals surface area contributed by atoms with Crippen molar-refractivity contribution in [3.05, 3.63) is 39.3 Å². The highest BCUT2D eigenvalue weighted by molar-refractivity contribution is 7.47. The molecule has 0 saturated carbocycles. The number of phosphoric ester groups is 1. The van der Waals surface area contributed by atoms with Crippen LogP contribution in [-0.4, -0.2) is 97.5 Å². The number of alkyl halides is 2. The largest absolute Gasteiger partial charge is 0.472 e. The average molecular weight is 625 g/mol. The van der Waals surface area contributed by atoms with Crippen LogP contribution in [0.1, 0.15) is 18.3 Å². The van der Waals surface area contributed by atoms with Crippen LogP contribution in [0.4, 0.5) is 5.95 Å². The number of hydrogen-bond acceptors (Lipinski definition) is 14. The molecule has 5 unspecified atom stereocenters. The summed E-state index contributed by atoms with van der Waals surface area (Å²) in [6, 6.07) is 0. The van der Waals surface area contributed by atoms with Gasteiger partial charge in [-0.3, -0.25) is 23.0 Å². The Bertz CT molecular complexity index is 1570. The molecule has 21 heteroatoms. The number of aryl methyl sites for hydroxylation is 1. The molecule has 2 aliphatic rings. The second-order valence-corrected chi connectivity index (χ2v) is 11.3. The van der Waals surface area contributed by atoms with E-state index in [1.54, 1.807) is 6.92 Å². The molecule has 5 rings (SSSR count). The molecule has 2 saturated heterocycles. The number of nitrogens with zero attached hydrogens (tertiary/aromatic N) is 6. The third-order valence-corrected chi connectivity index (χ3v) is 8.16. The van der Waals surface area contributed by atoms with Gasteiger partial charge in [-0.25, -0.2) is 24.3 Å². The number of aromatic nitrogens is 7. The fourth-order valence-electron chi connectivity index (χ4n) is 4.36. The van der Waals surface area contributed by atoms with Crippen LogP contribution in [0.2, 0.25) is 0 Å². The van der Waals surface area contributed by atoms with E-state index in [0.29, 0.717) is 5.82 Å². The zero-order valence-corrected chi connectivity index (χ0v) is 22.8. The molecule has 0 spiro atoms. The molecule has 40 heavy (non-hydrogen) atoms. The molecule has 0 bridgehead atoms. The number of phosphoric acid groups is 1. The molecule has 218 valence electrons. The Hall–Kier alpha value is -2.51. The van der Waals surface area contributed by atoms with Gasteiger partial charge >= 0.3 is 13.5 Å². The summed E-state index contributed by atoms with van der Waals surface area (Å²) in [5, 5.41) is 18.0. The number of rotatable bonds is 8.